The number of ether oxygens (including phenoxy) is 1. The fraction of sp³-hybridized carbons (Fsp3) is 0.188. The Labute approximate surface area is 131 Å². The van der Waals surface area contributed by atoms with Gasteiger partial charge in [-0.25, -0.2) is 0 Å². The van der Waals surface area contributed by atoms with Gasteiger partial charge in [-0.3, -0.25) is 4.79 Å². The van der Waals surface area contributed by atoms with Crippen LogP contribution in [0.3, 0.4) is 0 Å². The number of rotatable bonds is 4. The maximum atomic E-state index is 12.5. The van der Waals surface area contributed by atoms with Crippen LogP contribution in [0.25, 0.3) is 0 Å². The van der Waals surface area contributed by atoms with E-state index >= 15 is 0 Å². The van der Waals surface area contributed by atoms with Crippen LogP contribution in [-0.2, 0) is 0 Å². The molecule has 0 amide bonds. The van der Waals surface area contributed by atoms with Crippen LogP contribution in [0.4, 0.5) is 0 Å². The molecule has 0 bridgehead atoms. The Morgan fingerprint density at radius 1 is 1.30 bits per heavy atom. The van der Waals surface area contributed by atoms with E-state index in [1.807, 2.05) is 13.8 Å². The molecule has 0 aliphatic heterocycles. The summed E-state index contributed by atoms with van der Waals surface area (Å²) in [7, 11) is 0. The monoisotopic (exact) mass is 352 g/mol. The predicted octanol–water partition coefficient (Wildman–Crippen LogP) is 5.04. The van der Waals surface area contributed by atoms with Crippen molar-refractivity contribution < 1.29 is 9.53 Å². The number of carbonyl (C=O) groups excluding carboxylic acids is 1. The highest BCUT2D eigenvalue weighted by Gasteiger charge is 2.14. The molecule has 0 saturated carbocycles. The van der Waals surface area contributed by atoms with E-state index in [2.05, 4.69) is 15.9 Å². The largest absolute Gasteiger partial charge is 0.493 e. The van der Waals surface area contributed by atoms with Crippen LogP contribution >= 0.6 is 27.5 Å². The van der Waals surface area contributed by atoms with Gasteiger partial charge >= 0.3 is 0 Å². The van der Waals surface area contributed by atoms with Crippen LogP contribution < -0.4 is 4.74 Å². The number of hydrogen-bond donors (Lipinski definition) is 0. The fourth-order valence-corrected chi connectivity index (χ4v) is 2.59. The molecule has 0 unspecified atom stereocenters. The van der Waals surface area contributed by atoms with Crippen molar-refractivity contribution in [3.05, 3.63) is 62.6 Å². The molecule has 0 fully saturated rings. The maximum absolute atomic E-state index is 12.5. The molecule has 0 saturated heterocycles. The molecule has 2 rings (SSSR count). The number of carbonyl (C=O) groups is 1. The Balaban J connectivity index is 2.39. The SMILES string of the molecule is CCOc1ccc(C(=O)c2cccc(Cl)c2C)cc1Br. The summed E-state index contributed by atoms with van der Waals surface area (Å²) in [5, 5.41) is 0.598. The molecule has 0 atom stereocenters. The lowest BCUT2D eigenvalue weighted by molar-refractivity contribution is 0.103. The molecule has 104 valence electrons. The number of ketones is 1. The summed E-state index contributed by atoms with van der Waals surface area (Å²) in [6.45, 7) is 4.35. The Morgan fingerprint density at radius 3 is 2.70 bits per heavy atom. The maximum Gasteiger partial charge on any atom is 0.193 e. The normalized spacial score (nSPS) is 10.4. The second-order valence-corrected chi connectivity index (χ2v) is 5.58. The number of hydrogen-bond acceptors (Lipinski definition) is 2. The summed E-state index contributed by atoms with van der Waals surface area (Å²) in [4.78, 5) is 12.5. The molecule has 0 aromatic heterocycles. The summed E-state index contributed by atoms with van der Waals surface area (Å²) < 4.78 is 6.21. The van der Waals surface area contributed by atoms with Crippen LogP contribution in [0.5, 0.6) is 5.75 Å². The molecule has 0 spiro atoms. The van der Waals surface area contributed by atoms with Crippen molar-refractivity contribution in [3.63, 3.8) is 0 Å². The zero-order valence-corrected chi connectivity index (χ0v) is 13.6. The third-order valence-corrected chi connectivity index (χ3v) is 4.04. The Morgan fingerprint density at radius 2 is 2.05 bits per heavy atom. The molecule has 2 aromatic carbocycles. The second kappa shape index (κ2) is 6.42. The molecule has 2 nitrogen and oxygen atoms in total. The van der Waals surface area contributed by atoms with Gasteiger partial charge in [0.15, 0.2) is 5.78 Å². The zero-order valence-electron chi connectivity index (χ0n) is 11.2. The first-order valence-corrected chi connectivity index (χ1v) is 7.44. The highest BCUT2D eigenvalue weighted by molar-refractivity contribution is 9.10. The lowest BCUT2D eigenvalue weighted by Crippen LogP contribution is -2.04. The van der Waals surface area contributed by atoms with Gasteiger partial charge in [-0.1, -0.05) is 23.7 Å². The highest BCUT2D eigenvalue weighted by Crippen LogP contribution is 2.28. The first-order chi connectivity index (χ1) is 9.54. The van der Waals surface area contributed by atoms with Gasteiger partial charge in [0.2, 0.25) is 0 Å². The van der Waals surface area contributed by atoms with Crippen LogP contribution in [0.1, 0.15) is 28.4 Å². The van der Waals surface area contributed by atoms with Gasteiger partial charge in [0.25, 0.3) is 0 Å². The smallest absolute Gasteiger partial charge is 0.193 e. The van der Waals surface area contributed by atoms with Gasteiger partial charge in [-0.2, -0.15) is 0 Å². The van der Waals surface area contributed by atoms with E-state index in [1.165, 1.54) is 0 Å². The van der Waals surface area contributed by atoms with E-state index in [4.69, 9.17) is 16.3 Å². The Kier molecular flexibility index (Phi) is 4.84. The third-order valence-electron chi connectivity index (χ3n) is 3.01. The minimum atomic E-state index is -0.0475. The molecule has 20 heavy (non-hydrogen) atoms. The molecule has 0 radical (unpaired) electrons. The summed E-state index contributed by atoms with van der Waals surface area (Å²) in [5.41, 5.74) is 2.02. The summed E-state index contributed by atoms with van der Waals surface area (Å²) >= 11 is 9.48. The van der Waals surface area contributed by atoms with Gasteiger partial charge < -0.3 is 4.74 Å². The molecular weight excluding hydrogens is 340 g/mol. The fourth-order valence-electron chi connectivity index (χ4n) is 1.92. The van der Waals surface area contributed by atoms with Gasteiger partial charge in [-0.05, 0) is 59.6 Å². The Bertz CT molecular complexity index is 653. The molecule has 0 aliphatic carbocycles. The van der Waals surface area contributed by atoms with Crippen molar-refractivity contribution in [2.75, 3.05) is 6.61 Å². The van der Waals surface area contributed by atoms with Crippen molar-refractivity contribution in [3.8, 4) is 5.75 Å². The zero-order chi connectivity index (χ0) is 14.7. The molecule has 4 heteroatoms. The standard InChI is InChI=1S/C16H14BrClO2/c1-3-20-15-8-7-11(9-13(15)17)16(19)12-5-4-6-14(18)10(12)2/h4-9H,3H2,1-2H3. The third kappa shape index (κ3) is 3.05. The minimum absolute atomic E-state index is 0.0475. The minimum Gasteiger partial charge on any atom is -0.493 e. The van der Waals surface area contributed by atoms with Crippen molar-refractivity contribution in [2.45, 2.75) is 13.8 Å². The molecule has 0 heterocycles. The van der Waals surface area contributed by atoms with Gasteiger partial charge in [-0.15, -0.1) is 0 Å². The molecule has 0 aliphatic rings. The average molecular weight is 354 g/mol. The van der Waals surface area contributed by atoms with E-state index < -0.39 is 0 Å². The van der Waals surface area contributed by atoms with Crippen LogP contribution in [0.2, 0.25) is 5.02 Å². The number of halogens is 2. The van der Waals surface area contributed by atoms with Gasteiger partial charge in [0.05, 0.1) is 11.1 Å². The lowest BCUT2D eigenvalue weighted by atomic mass is 9.99. The topological polar surface area (TPSA) is 26.3 Å². The second-order valence-electron chi connectivity index (χ2n) is 4.32. The van der Waals surface area contributed by atoms with E-state index in [-0.39, 0.29) is 5.78 Å². The highest BCUT2D eigenvalue weighted by atomic mass is 79.9. The Hall–Kier alpha value is -1.32. The predicted molar refractivity (Wildman–Crippen MR) is 84.9 cm³/mol. The summed E-state index contributed by atoms with van der Waals surface area (Å²) in [6, 6.07) is 10.7. The first kappa shape index (κ1) is 15.1. The molecule has 2 aromatic rings. The number of benzene rings is 2. The average Bonchev–Trinajstić information content (AvgIpc) is 2.43. The van der Waals surface area contributed by atoms with E-state index in [9.17, 15) is 4.79 Å². The van der Waals surface area contributed by atoms with Crippen LogP contribution in [-0.4, -0.2) is 12.4 Å². The quantitative estimate of drug-likeness (QED) is 0.720. The van der Waals surface area contributed by atoms with E-state index in [1.54, 1.807) is 36.4 Å². The van der Waals surface area contributed by atoms with E-state index in [0.717, 1.165) is 15.8 Å². The molecule has 0 N–H and O–H groups in total. The van der Waals surface area contributed by atoms with Crippen molar-refractivity contribution >= 4 is 33.3 Å². The van der Waals surface area contributed by atoms with Crippen LogP contribution in [0, 0.1) is 6.92 Å². The van der Waals surface area contributed by atoms with Crippen molar-refractivity contribution in [1.82, 2.24) is 0 Å². The van der Waals surface area contributed by atoms with Crippen molar-refractivity contribution in [1.29, 1.82) is 0 Å². The van der Waals surface area contributed by atoms with Crippen molar-refractivity contribution in [2.24, 2.45) is 0 Å². The summed E-state index contributed by atoms with van der Waals surface area (Å²) in [6.07, 6.45) is 0. The van der Waals surface area contributed by atoms with Crippen LogP contribution in [0.15, 0.2) is 40.9 Å². The first-order valence-electron chi connectivity index (χ1n) is 6.26. The van der Waals surface area contributed by atoms with Gasteiger partial charge in [0.1, 0.15) is 5.75 Å². The van der Waals surface area contributed by atoms with E-state index in [0.29, 0.717) is 22.8 Å². The summed E-state index contributed by atoms with van der Waals surface area (Å²) in [5.74, 6) is 0.681. The molecular formula is C16H14BrClO2. The lowest BCUT2D eigenvalue weighted by Gasteiger charge is -2.09. The van der Waals surface area contributed by atoms with Gasteiger partial charge in [0, 0.05) is 16.1 Å².